The molecule has 1 aliphatic heterocycles. The van der Waals surface area contributed by atoms with E-state index in [0.29, 0.717) is 29.8 Å². The van der Waals surface area contributed by atoms with Gasteiger partial charge in [-0.05, 0) is 53.6 Å². The summed E-state index contributed by atoms with van der Waals surface area (Å²) in [5, 5.41) is 23.9. The summed E-state index contributed by atoms with van der Waals surface area (Å²) in [6.45, 7) is 8.32. The van der Waals surface area contributed by atoms with Gasteiger partial charge in [0.25, 0.3) is 0 Å². The largest absolute Gasteiger partial charge is 0.493 e. The van der Waals surface area contributed by atoms with Gasteiger partial charge in [-0.1, -0.05) is 25.4 Å². The van der Waals surface area contributed by atoms with Gasteiger partial charge in [-0.15, -0.1) is 20.4 Å². The molecule has 0 saturated carbocycles. The van der Waals surface area contributed by atoms with Crippen molar-refractivity contribution in [3.8, 4) is 5.75 Å². The van der Waals surface area contributed by atoms with Crippen molar-refractivity contribution in [1.29, 1.82) is 0 Å². The van der Waals surface area contributed by atoms with Crippen molar-refractivity contribution >= 4 is 17.4 Å². The maximum absolute atomic E-state index is 6.21. The molecule has 1 aromatic carbocycles. The van der Waals surface area contributed by atoms with Crippen molar-refractivity contribution in [2.45, 2.75) is 33.5 Å². The van der Waals surface area contributed by atoms with Gasteiger partial charge in [-0.25, -0.2) is 0 Å². The van der Waals surface area contributed by atoms with Gasteiger partial charge in [0.1, 0.15) is 11.4 Å². The lowest BCUT2D eigenvalue weighted by atomic mass is 10.1. The molecule has 0 atom stereocenters. The lowest BCUT2D eigenvalue weighted by Crippen LogP contribution is -2.24. The molecule has 1 aliphatic rings. The quantitative estimate of drug-likeness (QED) is 0.635. The molecular formula is C18H22ClN7O. The smallest absolute Gasteiger partial charge is 0.228 e. The Balaban J connectivity index is 1.77. The predicted octanol–water partition coefficient (Wildman–Crippen LogP) is 5.02. The fourth-order valence-electron chi connectivity index (χ4n) is 2.56. The highest BCUT2D eigenvalue weighted by molar-refractivity contribution is 6.30. The van der Waals surface area contributed by atoms with Gasteiger partial charge in [-0.3, -0.25) is 0 Å². The average molecular weight is 388 g/mol. The first-order valence-electron chi connectivity index (χ1n) is 8.86. The van der Waals surface area contributed by atoms with Gasteiger partial charge in [0.2, 0.25) is 6.17 Å². The third-order valence-electron chi connectivity index (χ3n) is 3.96. The van der Waals surface area contributed by atoms with Crippen LogP contribution < -0.4 is 9.64 Å². The second-order valence-corrected chi connectivity index (χ2v) is 7.01. The van der Waals surface area contributed by atoms with E-state index in [0.717, 1.165) is 23.7 Å². The molecule has 0 fully saturated rings. The average Bonchev–Trinajstić information content (AvgIpc) is 3.20. The Hall–Kier alpha value is -2.61. The van der Waals surface area contributed by atoms with E-state index in [1.54, 1.807) is 0 Å². The van der Waals surface area contributed by atoms with Gasteiger partial charge in [0.15, 0.2) is 5.82 Å². The minimum absolute atomic E-state index is 0.444. The van der Waals surface area contributed by atoms with Gasteiger partial charge in [0.05, 0.1) is 6.61 Å². The summed E-state index contributed by atoms with van der Waals surface area (Å²) in [5.41, 5.74) is 1.62. The summed E-state index contributed by atoms with van der Waals surface area (Å²) in [6, 6.07) is 9.43. The third-order valence-corrected chi connectivity index (χ3v) is 4.19. The Bertz CT molecular complexity index is 811. The van der Waals surface area contributed by atoms with Crippen LogP contribution in [0.5, 0.6) is 5.75 Å². The van der Waals surface area contributed by atoms with E-state index in [-0.39, 0.29) is 0 Å². The minimum Gasteiger partial charge on any atom is -0.493 e. The molecule has 2 aromatic rings. The SMILES string of the molecule is CCN(Cc1cc(Cl)ccc1OCC(C)C)c1ccc(C2N=NN=N2)nn1. The Labute approximate surface area is 163 Å². The van der Waals surface area contributed by atoms with E-state index >= 15 is 0 Å². The zero-order valence-electron chi connectivity index (χ0n) is 15.6. The van der Waals surface area contributed by atoms with Crippen LogP contribution in [0.15, 0.2) is 51.0 Å². The second-order valence-electron chi connectivity index (χ2n) is 6.57. The molecule has 8 nitrogen and oxygen atoms in total. The van der Waals surface area contributed by atoms with Crippen LogP contribution in [-0.2, 0) is 6.54 Å². The summed E-state index contributed by atoms with van der Waals surface area (Å²) >= 11 is 6.21. The maximum atomic E-state index is 6.21. The molecule has 27 heavy (non-hydrogen) atoms. The summed E-state index contributed by atoms with van der Waals surface area (Å²) in [4.78, 5) is 2.10. The van der Waals surface area contributed by atoms with Crippen molar-refractivity contribution < 1.29 is 4.74 Å². The van der Waals surface area contributed by atoms with Crippen molar-refractivity contribution in [3.05, 3.63) is 46.6 Å². The molecule has 2 heterocycles. The molecule has 0 spiro atoms. The number of benzene rings is 1. The van der Waals surface area contributed by atoms with E-state index in [1.165, 1.54) is 0 Å². The van der Waals surface area contributed by atoms with Crippen LogP contribution in [0.4, 0.5) is 5.82 Å². The first-order chi connectivity index (χ1) is 13.1. The Morgan fingerprint density at radius 3 is 2.52 bits per heavy atom. The number of aromatic nitrogens is 2. The van der Waals surface area contributed by atoms with Crippen LogP contribution >= 0.6 is 11.6 Å². The molecule has 0 amide bonds. The highest BCUT2D eigenvalue weighted by atomic mass is 35.5. The summed E-state index contributed by atoms with van der Waals surface area (Å²) in [6.07, 6.45) is -0.495. The highest BCUT2D eigenvalue weighted by Crippen LogP contribution is 2.27. The zero-order chi connectivity index (χ0) is 19.2. The number of nitrogens with zero attached hydrogens (tertiary/aromatic N) is 7. The molecule has 0 saturated heterocycles. The number of anilines is 1. The second kappa shape index (κ2) is 8.85. The first kappa shape index (κ1) is 19.2. The van der Waals surface area contributed by atoms with Gasteiger partial charge < -0.3 is 9.64 Å². The Kier molecular flexibility index (Phi) is 6.28. The number of rotatable bonds is 8. The molecule has 0 unspecified atom stereocenters. The molecule has 0 bridgehead atoms. The number of hydrogen-bond donors (Lipinski definition) is 0. The van der Waals surface area contributed by atoms with Crippen LogP contribution in [0.2, 0.25) is 5.02 Å². The van der Waals surface area contributed by atoms with Crippen molar-refractivity contribution in [3.63, 3.8) is 0 Å². The standard InChI is InChI=1S/C18H22ClN7O/c1-4-26(17-8-6-15(20-21-17)18-22-24-25-23-18)10-13-9-14(19)5-7-16(13)27-11-12(2)3/h5-9,12,18H,4,10-11H2,1-3H3. The molecule has 0 N–H and O–H groups in total. The zero-order valence-corrected chi connectivity index (χ0v) is 16.3. The lowest BCUT2D eigenvalue weighted by molar-refractivity contribution is 0.268. The lowest BCUT2D eigenvalue weighted by Gasteiger charge is -2.23. The van der Waals surface area contributed by atoms with Crippen molar-refractivity contribution in [2.24, 2.45) is 26.6 Å². The molecule has 3 rings (SSSR count). The van der Waals surface area contributed by atoms with Crippen molar-refractivity contribution in [1.82, 2.24) is 10.2 Å². The number of hydrogen-bond acceptors (Lipinski definition) is 8. The van der Waals surface area contributed by atoms with E-state index in [1.807, 2.05) is 30.3 Å². The van der Waals surface area contributed by atoms with E-state index in [4.69, 9.17) is 16.3 Å². The van der Waals surface area contributed by atoms with Gasteiger partial charge in [0, 0.05) is 23.7 Å². The normalized spacial score (nSPS) is 13.5. The molecule has 1 aromatic heterocycles. The highest BCUT2D eigenvalue weighted by Gasteiger charge is 2.17. The molecule has 142 valence electrons. The van der Waals surface area contributed by atoms with Crippen molar-refractivity contribution in [2.75, 3.05) is 18.1 Å². The molecular weight excluding hydrogens is 366 g/mol. The van der Waals surface area contributed by atoms with Crippen LogP contribution in [0, 0.1) is 5.92 Å². The van der Waals surface area contributed by atoms with Crippen LogP contribution in [-0.4, -0.2) is 23.3 Å². The van der Waals surface area contributed by atoms with Gasteiger partial charge in [-0.2, -0.15) is 0 Å². The van der Waals surface area contributed by atoms with Crippen LogP contribution in [0.1, 0.15) is 38.2 Å². The Morgan fingerprint density at radius 2 is 1.89 bits per heavy atom. The minimum atomic E-state index is -0.495. The predicted molar refractivity (Wildman–Crippen MR) is 103 cm³/mol. The number of ether oxygens (including phenoxy) is 1. The first-order valence-corrected chi connectivity index (χ1v) is 9.24. The molecule has 0 radical (unpaired) electrons. The summed E-state index contributed by atoms with van der Waals surface area (Å²) in [7, 11) is 0. The van der Waals surface area contributed by atoms with Crippen LogP contribution in [0.25, 0.3) is 0 Å². The third kappa shape index (κ3) is 4.97. The molecule has 9 heteroatoms. The van der Waals surface area contributed by atoms with Crippen LogP contribution in [0.3, 0.4) is 0 Å². The van der Waals surface area contributed by atoms with E-state index < -0.39 is 6.17 Å². The summed E-state index contributed by atoms with van der Waals surface area (Å²) in [5.74, 6) is 2.03. The Morgan fingerprint density at radius 1 is 1.11 bits per heavy atom. The maximum Gasteiger partial charge on any atom is 0.228 e. The number of halogens is 1. The van der Waals surface area contributed by atoms with E-state index in [2.05, 4.69) is 56.5 Å². The monoisotopic (exact) mass is 387 g/mol. The fraction of sp³-hybridized carbons (Fsp3) is 0.444. The summed E-state index contributed by atoms with van der Waals surface area (Å²) < 4.78 is 5.95. The van der Waals surface area contributed by atoms with E-state index in [9.17, 15) is 0 Å². The molecule has 0 aliphatic carbocycles. The van der Waals surface area contributed by atoms with Gasteiger partial charge >= 0.3 is 0 Å². The fourth-order valence-corrected chi connectivity index (χ4v) is 2.75. The topological polar surface area (TPSA) is 87.7 Å².